The molecule has 2 heterocycles. The molecule has 8 heteroatoms. The number of hydrogen-bond acceptors (Lipinski definition) is 8. The van der Waals surface area contributed by atoms with E-state index < -0.39 is 22.8 Å². The van der Waals surface area contributed by atoms with Crippen LogP contribution in [0.1, 0.15) is 47.0 Å². The molecule has 2 fully saturated rings. The molecule has 2 aliphatic rings. The number of ether oxygens (including phenoxy) is 4. The Morgan fingerprint density at radius 1 is 1.22 bits per heavy atom. The first-order valence-corrected chi connectivity index (χ1v) is 8.46. The lowest BCUT2D eigenvalue weighted by atomic mass is 9.95. The molecule has 0 aromatic heterocycles. The van der Waals surface area contributed by atoms with E-state index in [1.807, 2.05) is 27.7 Å². The van der Waals surface area contributed by atoms with Crippen LogP contribution in [0.4, 0.5) is 4.79 Å². The fourth-order valence-corrected chi connectivity index (χ4v) is 2.86. The summed E-state index contributed by atoms with van der Waals surface area (Å²) < 4.78 is 26.6. The quantitative estimate of drug-likeness (QED) is 0.395. The zero-order chi connectivity index (χ0) is 17.1. The Balaban J connectivity index is 1.77. The predicted molar refractivity (Wildman–Crippen MR) is 82.7 cm³/mol. The van der Waals surface area contributed by atoms with E-state index in [2.05, 4.69) is 0 Å². The monoisotopic (exact) mass is 348 g/mol. The highest BCUT2D eigenvalue weighted by Gasteiger charge is 2.38. The van der Waals surface area contributed by atoms with E-state index in [-0.39, 0.29) is 25.3 Å². The molecule has 0 aromatic carbocycles. The first-order valence-electron chi connectivity index (χ1n) is 7.72. The third kappa shape index (κ3) is 5.54. The van der Waals surface area contributed by atoms with Gasteiger partial charge in [0.25, 0.3) is 0 Å². The summed E-state index contributed by atoms with van der Waals surface area (Å²) in [6.07, 6.45) is 0.742. The number of hydrogen-bond donors (Lipinski definition) is 0. The summed E-state index contributed by atoms with van der Waals surface area (Å²) in [5, 5.41) is 0. The maximum absolute atomic E-state index is 11.4. The molecule has 2 unspecified atom stereocenters. The first kappa shape index (κ1) is 18.4. The van der Waals surface area contributed by atoms with Gasteiger partial charge in [-0.15, -0.1) is 0 Å². The van der Waals surface area contributed by atoms with Gasteiger partial charge in [-0.05, 0) is 40.5 Å². The van der Waals surface area contributed by atoms with E-state index in [9.17, 15) is 9.59 Å². The summed E-state index contributed by atoms with van der Waals surface area (Å²) in [7, 11) is 0. The molecule has 0 radical (unpaired) electrons. The van der Waals surface area contributed by atoms with Gasteiger partial charge in [-0.1, -0.05) is 0 Å². The topological polar surface area (TPSA) is 80.3 Å². The van der Waals surface area contributed by atoms with Crippen LogP contribution >= 0.6 is 12.0 Å². The summed E-state index contributed by atoms with van der Waals surface area (Å²) in [5.41, 5.74) is -0.621. The van der Waals surface area contributed by atoms with Crippen molar-refractivity contribution in [3.8, 4) is 0 Å². The summed E-state index contributed by atoms with van der Waals surface area (Å²) in [6.45, 7) is 7.94. The van der Waals surface area contributed by atoms with Crippen LogP contribution in [0.2, 0.25) is 0 Å². The van der Waals surface area contributed by atoms with Crippen molar-refractivity contribution in [2.45, 2.75) is 69.7 Å². The van der Waals surface area contributed by atoms with Crippen LogP contribution in [0.15, 0.2) is 0 Å². The minimum atomic E-state index is -0.666. The van der Waals surface area contributed by atoms with Gasteiger partial charge in [-0.3, -0.25) is 4.79 Å². The lowest BCUT2D eigenvalue weighted by molar-refractivity contribution is -0.165. The van der Waals surface area contributed by atoms with E-state index in [1.165, 1.54) is 12.0 Å². The van der Waals surface area contributed by atoms with Crippen molar-refractivity contribution in [3.05, 3.63) is 0 Å². The van der Waals surface area contributed by atoms with Gasteiger partial charge in [0.05, 0.1) is 6.61 Å². The van der Waals surface area contributed by atoms with E-state index in [0.29, 0.717) is 6.42 Å². The molecule has 0 aromatic rings. The van der Waals surface area contributed by atoms with Gasteiger partial charge < -0.3 is 23.1 Å². The largest absolute Gasteiger partial charge is 0.508 e. The third-order valence-corrected chi connectivity index (χ3v) is 4.65. The Morgan fingerprint density at radius 2 is 1.96 bits per heavy atom. The van der Waals surface area contributed by atoms with Crippen molar-refractivity contribution in [3.63, 3.8) is 0 Å². The molecule has 0 amide bonds. The highest BCUT2D eigenvalue weighted by molar-refractivity contribution is 7.95. The number of esters is 1. The second-order valence-corrected chi connectivity index (χ2v) is 7.97. The Labute approximate surface area is 140 Å². The highest BCUT2D eigenvalue weighted by atomic mass is 32.2. The van der Waals surface area contributed by atoms with Crippen molar-refractivity contribution in [2.24, 2.45) is 0 Å². The van der Waals surface area contributed by atoms with Gasteiger partial charge in [0.15, 0.2) is 6.10 Å². The molecular formula is C15H24O7S. The minimum absolute atomic E-state index is 0.179. The molecule has 23 heavy (non-hydrogen) atoms. The van der Waals surface area contributed by atoms with Crippen molar-refractivity contribution >= 4 is 24.2 Å². The predicted octanol–water partition coefficient (Wildman–Crippen LogP) is 2.81. The number of carbonyl (C=O) groups is 2. The van der Waals surface area contributed by atoms with Crippen LogP contribution in [-0.4, -0.2) is 48.1 Å². The zero-order valence-electron chi connectivity index (χ0n) is 14.0. The van der Waals surface area contributed by atoms with Gasteiger partial charge in [-0.2, -0.15) is 0 Å². The zero-order valence-corrected chi connectivity index (χ0v) is 14.8. The fraction of sp³-hybridized carbons (Fsp3) is 0.867. The molecule has 2 rings (SSSR count). The molecule has 2 atom stereocenters. The molecular weight excluding hydrogens is 324 g/mol. The normalized spacial score (nSPS) is 25.7. The Kier molecular flexibility index (Phi) is 5.80. The fourth-order valence-electron chi connectivity index (χ4n) is 2.22. The van der Waals surface area contributed by atoms with E-state index in [0.717, 1.165) is 12.8 Å². The number of rotatable bonds is 7. The van der Waals surface area contributed by atoms with Crippen molar-refractivity contribution in [1.29, 1.82) is 0 Å². The summed E-state index contributed by atoms with van der Waals surface area (Å²) in [4.78, 5) is 21.7. The maximum atomic E-state index is 11.4. The van der Waals surface area contributed by atoms with Gasteiger partial charge in [0.1, 0.15) is 23.2 Å². The smallest absolute Gasteiger partial charge is 0.459 e. The summed E-state index contributed by atoms with van der Waals surface area (Å²) >= 11 is 1.17. The van der Waals surface area contributed by atoms with Gasteiger partial charge in [-0.25, -0.2) is 4.79 Å². The number of carbonyl (C=O) groups excluding carboxylic acids is 2. The van der Waals surface area contributed by atoms with Crippen LogP contribution in [0.5, 0.6) is 0 Å². The highest BCUT2D eigenvalue weighted by Crippen LogP contribution is 2.36. The molecule has 2 aliphatic heterocycles. The van der Waals surface area contributed by atoms with E-state index in [1.54, 1.807) is 0 Å². The molecule has 7 nitrogen and oxygen atoms in total. The SMILES string of the molecule is CC(C)(OCC1COC(=O)O1)SOC(C)(C)C1CCCC(=O)O1. The molecule has 0 aliphatic carbocycles. The Hall–Kier alpha value is -0.990. The maximum Gasteiger partial charge on any atom is 0.508 e. The first-order chi connectivity index (χ1) is 10.7. The molecule has 0 saturated carbocycles. The lowest BCUT2D eigenvalue weighted by Gasteiger charge is -2.37. The molecule has 0 bridgehead atoms. The molecule has 0 N–H and O–H groups in total. The van der Waals surface area contributed by atoms with Gasteiger partial charge in [0, 0.05) is 18.5 Å². The minimum Gasteiger partial charge on any atom is -0.459 e. The average Bonchev–Trinajstić information content (AvgIpc) is 2.89. The molecule has 0 spiro atoms. The summed E-state index contributed by atoms with van der Waals surface area (Å²) in [5.74, 6) is -0.179. The van der Waals surface area contributed by atoms with Crippen LogP contribution in [0.25, 0.3) is 0 Å². The second kappa shape index (κ2) is 7.27. The average molecular weight is 348 g/mol. The van der Waals surface area contributed by atoms with E-state index >= 15 is 0 Å². The van der Waals surface area contributed by atoms with Crippen molar-refractivity contribution in [1.82, 2.24) is 0 Å². The Bertz CT molecular complexity index is 449. The van der Waals surface area contributed by atoms with Gasteiger partial charge in [0.2, 0.25) is 0 Å². The van der Waals surface area contributed by atoms with Crippen molar-refractivity contribution < 1.29 is 32.7 Å². The summed E-state index contributed by atoms with van der Waals surface area (Å²) in [6, 6.07) is 0. The van der Waals surface area contributed by atoms with Crippen LogP contribution < -0.4 is 0 Å². The van der Waals surface area contributed by atoms with Crippen LogP contribution in [0.3, 0.4) is 0 Å². The Morgan fingerprint density at radius 3 is 2.57 bits per heavy atom. The van der Waals surface area contributed by atoms with Crippen molar-refractivity contribution in [2.75, 3.05) is 13.2 Å². The standard InChI is InChI=1S/C15H24O7S/c1-14(2,11-6-5-7-12(16)21-11)22-23-15(3,4)19-9-10-8-18-13(17)20-10/h10-11H,5-9H2,1-4H3. The molecule has 132 valence electrons. The van der Waals surface area contributed by atoms with Gasteiger partial charge >= 0.3 is 12.1 Å². The lowest BCUT2D eigenvalue weighted by Crippen LogP contribution is -2.43. The second-order valence-electron chi connectivity index (χ2n) is 6.65. The number of cyclic esters (lactones) is 3. The third-order valence-electron chi connectivity index (χ3n) is 3.62. The van der Waals surface area contributed by atoms with E-state index in [4.69, 9.17) is 23.1 Å². The molecule has 2 saturated heterocycles. The van der Waals surface area contributed by atoms with Crippen LogP contribution in [0, 0.1) is 0 Å². The van der Waals surface area contributed by atoms with Crippen LogP contribution in [-0.2, 0) is 27.9 Å².